The van der Waals surface area contributed by atoms with Crippen molar-refractivity contribution in [2.45, 2.75) is 19.8 Å². The number of nitrogens with zero attached hydrogens (tertiary/aromatic N) is 1. The smallest absolute Gasteiger partial charge is 0.227 e. The average Bonchev–Trinajstić information content (AvgIpc) is 2.69. The summed E-state index contributed by atoms with van der Waals surface area (Å²) in [5.74, 6) is -0.122. The van der Waals surface area contributed by atoms with E-state index in [0.717, 1.165) is 43.6 Å². The van der Waals surface area contributed by atoms with E-state index in [-0.39, 0.29) is 17.7 Å². The van der Waals surface area contributed by atoms with E-state index in [1.54, 1.807) is 24.3 Å². The second kappa shape index (κ2) is 8.49. The zero-order valence-electron chi connectivity index (χ0n) is 15.3. The normalized spacial score (nSPS) is 14.5. The Morgan fingerprint density at radius 1 is 0.926 bits per heavy atom. The van der Waals surface area contributed by atoms with Crippen molar-refractivity contribution in [3.8, 4) is 0 Å². The lowest BCUT2D eigenvalue weighted by Gasteiger charge is -2.33. The number of carbonyl (C=O) groups excluding carboxylic acids is 3. The highest BCUT2D eigenvalue weighted by molar-refractivity contribution is 5.93. The summed E-state index contributed by atoms with van der Waals surface area (Å²) in [6.07, 6.45) is 2.40. The summed E-state index contributed by atoms with van der Waals surface area (Å²) in [4.78, 5) is 36.5. The number of anilines is 3. The van der Waals surface area contributed by atoms with Gasteiger partial charge >= 0.3 is 0 Å². The van der Waals surface area contributed by atoms with Crippen LogP contribution in [0.2, 0.25) is 0 Å². The summed E-state index contributed by atoms with van der Waals surface area (Å²) in [6.45, 7) is 3.07. The Hall–Kier alpha value is -3.15. The zero-order chi connectivity index (χ0) is 19.2. The number of rotatable bonds is 5. The molecule has 2 aromatic carbocycles. The molecule has 0 unspecified atom stereocenters. The molecule has 0 atom stereocenters. The van der Waals surface area contributed by atoms with Gasteiger partial charge in [-0.3, -0.25) is 14.4 Å². The number of piperidine rings is 1. The van der Waals surface area contributed by atoms with Crippen molar-refractivity contribution >= 4 is 35.2 Å². The van der Waals surface area contributed by atoms with E-state index in [4.69, 9.17) is 0 Å². The van der Waals surface area contributed by atoms with Gasteiger partial charge < -0.3 is 15.5 Å². The molecule has 0 spiro atoms. The molecule has 0 bridgehead atoms. The third-order valence-electron chi connectivity index (χ3n) is 4.73. The number of aldehydes is 1. The van der Waals surface area contributed by atoms with E-state index >= 15 is 0 Å². The summed E-state index contributed by atoms with van der Waals surface area (Å²) in [6, 6.07) is 14.6. The lowest BCUT2D eigenvalue weighted by atomic mass is 9.95. The van der Waals surface area contributed by atoms with Gasteiger partial charge in [-0.15, -0.1) is 0 Å². The molecule has 27 heavy (non-hydrogen) atoms. The van der Waals surface area contributed by atoms with Gasteiger partial charge in [0.25, 0.3) is 0 Å². The largest absolute Gasteiger partial charge is 0.371 e. The molecule has 0 aliphatic carbocycles. The van der Waals surface area contributed by atoms with Gasteiger partial charge in [-0.1, -0.05) is 0 Å². The molecule has 1 heterocycles. The van der Waals surface area contributed by atoms with E-state index in [1.165, 1.54) is 6.92 Å². The SMILES string of the molecule is CC(=O)Nc1ccc(NC(=O)C2CCN(c3ccc(C=O)cc3)CC2)cc1. The molecule has 0 aromatic heterocycles. The van der Waals surface area contributed by atoms with Crippen LogP contribution in [0.1, 0.15) is 30.1 Å². The fraction of sp³-hybridized carbons (Fsp3) is 0.286. The summed E-state index contributed by atoms with van der Waals surface area (Å²) in [5.41, 5.74) is 3.17. The highest BCUT2D eigenvalue weighted by Crippen LogP contribution is 2.25. The summed E-state index contributed by atoms with van der Waals surface area (Å²) >= 11 is 0. The number of amides is 2. The molecule has 140 valence electrons. The minimum atomic E-state index is -0.126. The van der Waals surface area contributed by atoms with Crippen molar-refractivity contribution in [2.75, 3.05) is 28.6 Å². The number of benzene rings is 2. The molecule has 1 aliphatic rings. The van der Waals surface area contributed by atoms with Crippen LogP contribution >= 0.6 is 0 Å². The summed E-state index contributed by atoms with van der Waals surface area (Å²) in [5, 5.41) is 5.65. The topological polar surface area (TPSA) is 78.5 Å². The van der Waals surface area contributed by atoms with Gasteiger partial charge in [0.15, 0.2) is 0 Å². The van der Waals surface area contributed by atoms with Crippen LogP contribution in [0.25, 0.3) is 0 Å². The maximum Gasteiger partial charge on any atom is 0.227 e. The molecular formula is C21H23N3O3. The molecule has 2 amide bonds. The molecular weight excluding hydrogens is 342 g/mol. The van der Waals surface area contributed by atoms with Gasteiger partial charge in [-0.05, 0) is 61.4 Å². The Morgan fingerprint density at radius 2 is 1.48 bits per heavy atom. The Labute approximate surface area is 158 Å². The van der Waals surface area contributed by atoms with Gasteiger partial charge in [0.2, 0.25) is 11.8 Å². The van der Waals surface area contributed by atoms with Crippen molar-refractivity contribution in [3.63, 3.8) is 0 Å². The molecule has 3 rings (SSSR count). The van der Waals surface area contributed by atoms with Crippen molar-refractivity contribution in [3.05, 3.63) is 54.1 Å². The summed E-state index contributed by atoms with van der Waals surface area (Å²) in [7, 11) is 0. The standard InChI is InChI=1S/C21H23N3O3/c1-15(26)22-18-4-6-19(7-5-18)23-21(27)17-10-12-24(13-11-17)20-8-2-16(14-25)3-9-20/h2-9,14,17H,10-13H2,1H3,(H,22,26)(H,23,27). The van der Waals surface area contributed by atoms with Crippen LogP contribution in [-0.2, 0) is 9.59 Å². The van der Waals surface area contributed by atoms with Gasteiger partial charge in [0.1, 0.15) is 6.29 Å². The first-order valence-electron chi connectivity index (χ1n) is 9.04. The van der Waals surface area contributed by atoms with Gasteiger partial charge in [-0.2, -0.15) is 0 Å². The Kier molecular flexibility index (Phi) is 5.86. The predicted octanol–water partition coefficient (Wildman–Crippen LogP) is 3.31. The fourth-order valence-electron chi connectivity index (χ4n) is 3.25. The molecule has 2 N–H and O–H groups in total. The van der Waals surface area contributed by atoms with E-state index < -0.39 is 0 Å². The quantitative estimate of drug-likeness (QED) is 0.797. The molecule has 1 aliphatic heterocycles. The van der Waals surface area contributed by atoms with Crippen molar-refractivity contribution in [1.82, 2.24) is 0 Å². The maximum atomic E-state index is 12.5. The summed E-state index contributed by atoms with van der Waals surface area (Å²) < 4.78 is 0. The molecule has 0 saturated carbocycles. The van der Waals surface area contributed by atoms with Crippen molar-refractivity contribution in [2.24, 2.45) is 5.92 Å². The molecule has 6 heteroatoms. The Morgan fingerprint density at radius 3 is 2.00 bits per heavy atom. The molecule has 0 radical (unpaired) electrons. The molecule has 6 nitrogen and oxygen atoms in total. The van der Waals surface area contributed by atoms with Crippen LogP contribution in [-0.4, -0.2) is 31.2 Å². The number of carbonyl (C=O) groups is 3. The van der Waals surface area contributed by atoms with Crippen LogP contribution in [0, 0.1) is 5.92 Å². The van der Waals surface area contributed by atoms with Crippen LogP contribution in [0.3, 0.4) is 0 Å². The van der Waals surface area contributed by atoms with Crippen LogP contribution in [0.15, 0.2) is 48.5 Å². The van der Waals surface area contributed by atoms with E-state index in [2.05, 4.69) is 15.5 Å². The molecule has 2 aromatic rings. The highest BCUT2D eigenvalue weighted by Gasteiger charge is 2.25. The molecule has 1 fully saturated rings. The number of hydrogen-bond acceptors (Lipinski definition) is 4. The first-order valence-corrected chi connectivity index (χ1v) is 9.04. The number of nitrogens with one attached hydrogen (secondary N) is 2. The van der Waals surface area contributed by atoms with Gasteiger partial charge in [0, 0.05) is 48.6 Å². The lowest BCUT2D eigenvalue weighted by molar-refractivity contribution is -0.120. The second-order valence-electron chi connectivity index (χ2n) is 6.72. The monoisotopic (exact) mass is 365 g/mol. The minimum absolute atomic E-state index is 0.0227. The van der Waals surface area contributed by atoms with Crippen molar-refractivity contribution in [1.29, 1.82) is 0 Å². The first-order chi connectivity index (χ1) is 13.0. The minimum Gasteiger partial charge on any atom is -0.371 e. The van der Waals surface area contributed by atoms with E-state index in [0.29, 0.717) is 11.3 Å². The maximum absolute atomic E-state index is 12.5. The third kappa shape index (κ3) is 4.94. The van der Waals surface area contributed by atoms with E-state index in [9.17, 15) is 14.4 Å². The average molecular weight is 365 g/mol. The van der Waals surface area contributed by atoms with Gasteiger partial charge in [-0.25, -0.2) is 0 Å². The van der Waals surface area contributed by atoms with Crippen LogP contribution < -0.4 is 15.5 Å². The predicted molar refractivity (Wildman–Crippen MR) is 106 cm³/mol. The van der Waals surface area contributed by atoms with Crippen LogP contribution in [0.4, 0.5) is 17.1 Å². The first kappa shape index (κ1) is 18.6. The third-order valence-corrected chi connectivity index (χ3v) is 4.73. The second-order valence-corrected chi connectivity index (χ2v) is 6.72. The van der Waals surface area contributed by atoms with Gasteiger partial charge in [0.05, 0.1) is 0 Å². The lowest BCUT2D eigenvalue weighted by Crippen LogP contribution is -2.38. The number of hydrogen-bond donors (Lipinski definition) is 2. The molecule has 1 saturated heterocycles. The zero-order valence-corrected chi connectivity index (χ0v) is 15.3. The van der Waals surface area contributed by atoms with Crippen LogP contribution in [0.5, 0.6) is 0 Å². The Bertz CT molecular complexity index is 808. The highest BCUT2D eigenvalue weighted by atomic mass is 16.2. The van der Waals surface area contributed by atoms with Crippen molar-refractivity contribution < 1.29 is 14.4 Å². The fourth-order valence-corrected chi connectivity index (χ4v) is 3.25. The Balaban J connectivity index is 1.52. The van der Waals surface area contributed by atoms with E-state index in [1.807, 2.05) is 24.3 Å².